The fourth-order valence-corrected chi connectivity index (χ4v) is 5.91. The van der Waals surface area contributed by atoms with Crippen molar-refractivity contribution in [3.8, 4) is 0 Å². The Morgan fingerprint density at radius 1 is 1.22 bits per heavy atom. The van der Waals surface area contributed by atoms with E-state index in [2.05, 4.69) is 55.1 Å². The Kier molecular flexibility index (Phi) is 5.40. The number of benzene rings is 1. The molecular formula is C22H27N5O4S. The van der Waals surface area contributed by atoms with E-state index >= 15 is 0 Å². The molecule has 4 atom stereocenters. The fraction of sp³-hybridized carbons (Fsp3) is 0.455. The Labute approximate surface area is 187 Å². The molecule has 1 aromatic carbocycles. The molecule has 2 N–H and O–H groups in total. The minimum absolute atomic E-state index is 0.0904. The van der Waals surface area contributed by atoms with Gasteiger partial charge in [-0.2, -0.15) is 13.1 Å². The molecule has 10 heteroatoms. The third kappa shape index (κ3) is 3.66. The van der Waals surface area contributed by atoms with E-state index in [1.807, 2.05) is 16.8 Å². The molecule has 5 rings (SSSR count). The number of nitrogens with zero attached hydrogens (tertiary/aromatic N) is 4. The molecule has 9 nitrogen and oxygen atoms in total. The van der Waals surface area contributed by atoms with E-state index in [0.717, 1.165) is 36.8 Å². The van der Waals surface area contributed by atoms with E-state index in [1.165, 1.54) is 11.1 Å². The summed E-state index contributed by atoms with van der Waals surface area (Å²) in [6.45, 7) is 0. The summed E-state index contributed by atoms with van der Waals surface area (Å²) < 4.78 is 32.4. The summed E-state index contributed by atoms with van der Waals surface area (Å²) in [4.78, 5) is 11.3. The van der Waals surface area contributed by atoms with Crippen molar-refractivity contribution in [1.82, 2.24) is 19.3 Å². The van der Waals surface area contributed by atoms with Crippen LogP contribution in [0.4, 0.5) is 5.82 Å². The van der Waals surface area contributed by atoms with Crippen LogP contribution in [0.3, 0.4) is 0 Å². The number of aliphatic hydroxyl groups excluding tert-OH is 1. The lowest BCUT2D eigenvalue weighted by molar-refractivity contribution is 0.154. The average molecular weight is 458 g/mol. The summed E-state index contributed by atoms with van der Waals surface area (Å²) in [5.41, 5.74) is 3.51. The minimum Gasteiger partial charge on any atom is -0.391 e. The zero-order chi connectivity index (χ0) is 22.5. The molecule has 2 heterocycles. The van der Waals surface area contributed by atoms with Gasteiger partial charge in [-0.3, -0.25) is 4.18 Å². The van der Waals surface area contributed by atoms with Crippen LogP contribution in [0.1, 0.15) is 42.5 Å². The van der Waals surface area contributed by atoms with Gasteiger partial charge in [0, 0.05) is 19.3 Å². The standard InChI is InChI=1S/C22H27N5O4S/c1-26(19-8-7-14-5-3-4-6-16(14)19)21-17-9-10-27(22(17)24-13-23-21)15-11-18(20(28)12-15)25-32(29,30)31-2/h3-6,9-10,13,15,18-20,25,28H,7-8,11-12H2,1-2H3/t15-,18+,19+,20+/m1/s1. The summed E-state index contributed by atoms with van der Waals surface area (Å²) >= 11 is 0. The quantitative estimate of drug-likeness (QED) is 0.583. The second-order valence-corrected chi connectivity index (χ2v) is 10.0. The van der Waals surface area contributed by atoms with Crippen LogP contribution in [-0.2, 0) is 20.9 Å². The number of aryl methyl sites for hydroxylation is 1. The molecule has 0 spiro atoms. The van der Waals surface area contributed by atoms with E-state index in [0.29, 0.717) is 12.8 Å². The van der Waals surface area contributed by atoms with Crippen LogP contribution in [0, 0.1) is 0 Å². The van der Waals surface area contributed by atoms with Crippen molar-refractivity contribution >= 4 is 27.2 Å². The Balaban J connectivity index is 1.43. The Morgan fingerprint density at radius 3 is 2.84 bits per heavy atom. The normalized spacial score (nSPS) is 25.3. The van der Waals surface area contributed by atoms with E-state index in [9.17, 15) is 13.5 Å². The highest BCUT2D eigenvalue weighted by Crippen LogP contribution is 2.40. The van der Waals surface area contributed by atoms with Crippen molar-refractivity contribution in [3.63, 3.8) is 0 Å². The summed E-state index contributed by atoms with van der Waals surface area (Å²) in [7, 11) is -0.708. The van der Waals surface area contributed by atoms with Gasteiger partial charge in [0.05, 0.1) is 30.7 Å². The first kappa shape index (κ1) is 21.3. The Bertz CT molecular complexity index is 1240. The third-order valence-corrected chi connectivity index (χ3v) is 7.83. The van der Waals surface area contributed by atoms with Crippen molar-refractivity contribution in [3.05, 3.63) is 54.0 Å². The molecule has 2 aliphatic carbocycles. The highest BCUT2D eigenvalue weighted by atomic mass is 32.2. The highest BCUT2D eigenvalue weighted by Gasteiger charge is 2.37. The van der Waals surface area contributed by atoms with Gasteiger partial charge in [-0.15, -0.1) is 0 Å². The van der Waals surface area contributed by atoms with E-state index in [-0.39, 0.29) is 12.1 Å². The molecule has 2 aliphatic rings. The Hall–Kier alpha value is -2.53. The van der Waals surface area contributed by atoms with E-state index in [4.69, 9.17) is 0 Å². The predicted molar refractivity (Wildman–Crippen MR) is 121 cm³/mol. The van der Waals surface area contributed by atoms with Gasteiger partial charge in [0.25, 0.3) is 0 Å². The zero-order valence-electron chi connectivity index (χ0n) is 18.0. The maximum absolute atomic E-state index is 11.8. The lowest BCUT2D eigenvalue weighted by Crippen LogP contribution is -2.40. The van der Waals surface area contributed by atoms with Crippen molar-refractivity contribution in [2.24, 2.45) is 0 Å². The summed E-state index contributed by atoms with van der Waals surface area (Å²) in [6, 6.07) is 10.1. The summed E-state index contributed by atoms with van der Waals surface area (Å²) in [5.74, 6) is 0.866. The predicted octanol–water partition coefficient (Wildman–Crippen LogP) is 2.10. The van der Waals surface area contributed by atoms with Crippen LogP contribution in [0.5, 0.6) is 0 Å². The van der Waals surface area contributed by atoms with Gasteiger partial charge in [-0.25, -0.2) is 9.97 Å². The van der Waals surface area contributed by atoms with Crippen molar-refractivity contribution < 1.29 is 17.7 Å². The van der Waals surface area contributed by atoms with Crippen molar-refractivity contribution in [2.75, 3.05) is 19.1 Å². The van der Waals surface area contributed by atoms with Gasteiger partial charge < -0.3 is 14.6 Å². The molecule has 0 amide bonds. The fourth-order valence-electron chi connectivity index (χ4n) is 5.19. The molecule has 1 fully saturated rings. The van der Waals surface area contributed by atoms with Crippen LogP contribution in [0.2, 0.25) is 0 Å². The van der Waals surface area contributed by atoms with Gasteiger partial charge in [0.15, 0.2) is 0 Å². The monoisotopic (exact) mass is 457 g/mol. The molecule has 0 bridgehead atoms. The number of anilines is 1. The number of hydrogen-bond acceptors (Lipinski definition) is 7. The zero-order valence-corrected chi connectivity index (χ0v) is 18.9. The minimum atomic E-state index is -3.87. The number of nitrogens with one attached hydrogen (secondary N) is 1. The topological polar surface area (TPSA) is 110 Å². The van der Waals surface area contributed by atoms with Crippen LogP contribution in [-0.4, -0.2) is 54.4 Å². The van der Waals surface area contributed by atoms with Gasteiger partial charge in [-0.05, 0) is 42.9 Å². The van der Waals surface area contributed by atoms with Crippen molar-refractivity contribution in [2.45, 2.75) is 49.9 Å². The van der Waals surface area contributed by atoms with Crippen LogP contribution in [0.15, 0.2) is 42.9 Å². The summed E-state index contributed by atoms with van der Waals surface area (Å²) in [5, 5.41) is 11.4. The van der Waals surface area contributed by atoms with Crippen LogP contribution >= 0.6 is 0 Å². The van der Waals surface area contributed by atoms with Crippen LogP contribution in [0.25, 0.3) is 11.0 Å². The van der Waals surface area contributed by atoms with Gasteiger partial charge >= 0.3 is 10.3 Å². The number of aromatic nitrogens is 3. The molecule has 32 heavy (non-hydrogen) atoms. The smallest absolute Gasteiger partial charge is 0.335 e. The van der Waals surface area contributed by atoms with Gasteiger partial charge in [0.1, 0.15) is 17.8 Å². The van der Waals surface area contributed by atoms with Gasteiger partial charge in [-0.1, -0.05) is 24.3 Å². The second kappa shape index (κ2) is 8.11. The maximum Gasteiger partial charge on any atom is 0.335 e. The highest BCUT2D eigenvalue weighted by molar-refractivity contribution is 7.84. The molecular weight excluding hydrogens is 430 g/mol. The first-order valence-electron chi connectivity index (χ1n) is 10.8. The average Bonchev–Trinajstić information content (AvgIpc) is 3.49. The van der Waals surface area contributed by atoms with Crippen LogP contribution < -0.4 is 9.62 Å². The molecule has 3 aromatic rings. The maximum atomic E-state index is 11.8. The lowest BCUT2D eigenvalue weighted by Gasteiger charge is -2.27. The molecule has 2 aromatic heterocycles. The molecule has 0 saturated heterocycles. The molecule has 0 radical (unpaired) electrons. The first-order valence-corrected chi connectivity index (χ1v) is 12.2. The van der Waals surface area contributed by atoms with E-state index < -0.39 is 22.4 Å². The molecule has 170 valence electrons. The lowest BCUT2D eigenvalue weighted by atomic mass is 10.1. The number of rotatable bonds is 6. The largest absolute Gasteiger partial charge is 0.391 e. The first-order chi connectivity index (χ1) is 15.4. The number of fused-ring (bicyclic) bond motifs is 2. The number of aliphatic hydroxyl groups is 1. The Morgan fingerprint density at radius 2 is 2.03 bits per heavy atom. The van der Waals surface area contributed by atoms with Crippen molar-refractivity contribution in [1.29, 1.82) is 0 Å². The third-order valence-electron chi connectivity index (χ3n) is 6.80. The number of hydrogen-bond donors (Lipinski definition) is 2. The van der Waals surface area contributed by atoms with Gasteiger partial charge in [0.2, 0.25) is 0 Å². The summed E-state index contributed by atoms with van der Waals surface area (Å²) in [6.07, 6.45) is 5.68. The second-order valence-electron chi connectivity index (χ2n) is 8.56. The molecule has 1 saturated carbocycles. The molecule has 0 unspecified atom stereocenters. The molecule has 0 aliphatic heterocycles. The SMILES string of the molecule is COS(=O)(=O)N[C@H]1C[C@@H](n2ccc3c(N(C)[C@H]4CCc5ccccc54)ncnc32)C[C@@H]1O. The van der Waals surface area contributed by atoms with E-state index in [1.54, 1.807) is 6.33 Å².